The summed E-state index contributed by atoms with van der Waals surface area (Å²) >= 11 is 1.02. The number of rotatable bonds is 4. The van der Waals surface area contributed by atoms with Gasteiger partial charge in [-0.25, -0.2) is 4.79 Å². The van der Waals surface area contributed by atoms with E-state index in [2.05, 4.69) is 21.8 Å². The molecule has 1 saturated carbocycles. The van der Waals surface area contributed by atoms with Crippen LogP contribution in [0, 0.1) is 5.92 Å². The molecule has 1 aliphatic rings. The summed E-state index contributed by atoms with van der Waals surface area (Å²) in [4.78, 5) is 24.3. The van der Waals surface area contributed by atoms with Crippen LogP contribution in [-0.4, -0.2) is 32.1 Å². The molecule has 0 aromatic carbocycles. The first-order valence-corrected chi connectivity index (χ1v) is 7.63. The van der Waals surface area contributed by atoms with Gasteiger partial charge in [-0.05, 0) is 49.6 Å². The van der Waals surface area contributed by atoms with Crippen molar-refractivity contribution in [2.45, 2.75) is 51.5 Å². The van der Waals surface area contributed by atoms with E-state index in [1.165, 1.54) is 0 Å². The quantitative estimate of drug-likeness (QED) is 0.885. The Labute approximate surface area is 121 Å². The van der Waals surface area contributed by atoms with Gasteiger partial charge in [0.15, 0.2) is 0 Å². The van der Waals surface area contributed by atoms with Crippen LogP contribution in [-0.2, 0) is 11.2 Å². The lowest BCUT2D eigenvalue weighted by molar-refractivity contribution is -0.146. The number of nitrogens with zero attached hydrogens (tertiary/aromatic N) is 2. The molecule has 0 radical (unpaired) electrons. The molecule has 0 aliphatic heterocycles. The van der Waals surface area contributed by atoms with Gasteiger partial charge in [-0.15, -0.1) is 5.10 Å². The van der Waals surface area contributed by atoms with Gasteiger partial charge < -0.3 is 10.4 Å². The second-order valence-electron chi connectivity index (χ2n) is 5.43. The molecule has 1 aliphatic carbocycles. The third-order valence-corrected chi connectivity index (χ3v) is 4.75. The fourth-order valence-corrected chi connectivity index (χ4v) is 3.18. The van der Waals surface area contributed by atoms with E-state index in [0.29, 0.717) is 35.8 Å². The molecule has 0 spiro atoms. The number of nitrogens with one attached hydrogen (secondary N) is 1. The predicted molar refractivity (Wildman–Crippen MR) is 74.8 cm³/mol. The Morgan fingerprint density at radius 2 is 2.10 bits per heavy atom. The maximum absolute atomic E-state index is 12.3. The van der Waals surface area contributed by atoms with E-state index in [4.69, 9.17) is 0 Å². The molecule has 1 amide bonds. The number of aliphatic carboxylic acids is 1. The summed E-state index contributed by atoms with van der Waals surface area (Å²) in [7, 11) is 0. The van der Waals surface area contributed by atoms with Crippen LogP contribution in [0.15, 0.2) is 0 Å². The number of hydrogen-bond acceptors (Lipinski definition) is 5. The Balaban J connectivity index is 2.17. The number of carbonyl (C=O) groups is 2. The fourth-order valence-electron chi connectivity index (χ4n) is 2.53. The average Bonchev–Trinajstić information content (AvgIpc) is 2.89. The van der Waals surface area contributed by atoms with Gasteiger partial charge in [0.1, 0.15) is 10.4 Å². The van der Waals surface area contributed by atoms with Crippen LogP contribution in [0.25, 0.3) is 0 Å². The van der Waals surface area contributed by atoms with Crippen molar-refractivity contribution in [3.8, 4) is 0 Å². The number of hydrogen-bond donors (Lipinski definition) is 2. The van der Waals surface area contributed by atoms with Gasteiger partial charge in [0.25, 0.3) is 5.91 Å². The molecule has 1 aromatic rings. The molecule has 20 heavy (non-hydrogen) atoms. The highest BCUT2D eigenvalue weighted by molar-refractivity contribution is 7.08. The lowest BCUT2D eigenvalue weighted by atomic mass is 9.77. The summed E-state index contributed by atoms with van der Waals surface area (Å²) in [5.74, 6) is -0.808. The van der Waals surface area contributed by atoms with Crippen molar-refractivity contribution in [2.75, 3.05) is 0 Å². The van der Waals surface area contributed by atoms with Crippen LogP contribution >= 0.6 is 11.5 Å². The molecule has 1 fully saturated rings. The summed E-state index contributed by atoms with van der Waals surface area (Å²) in [6.45, 7) is 4.00. The molecule has 0 saturated heterocycles. The van der Waals surface area contributed by atoms with E-state index in [0.717, 1.165) is 24.4 Å². The van der Waals surface area contributed by atoms with Gasteiger partial charge in [-0.3, -0.25) is 4.79 Å². The Morgan fingerprint density at radius 1 is 1.45 bits per heavy atom. The lowest BCUT2D eigenvalue weighted by Crippen LogP contribution is -2.56. The van der Waals surface area contributed by atoms with Crippen LogP contribution in [0.1, 0.15) is 54.9 Å². The Bertz CT molecular complexity index is 507. The van der Waals surface area contributed by atoms with E-state index in [-0.39, 0.29) is 5.91 Å². The van der Waals surface area contributed by atoms with E-state index >= 15 is 0 Å². The van der Waals surface area contributed by atoms with Gasteiger partial charge >= 0.3 is 5.97 Å². The topological polar surface area (TPSA) is 92.2 Å². The maximum Gasteiger partial charge on any atom is 0.329 e. The summed E-state index contributed by atoms with van der Waals surface area (Å²) < 4.78 is 3.77. The second-order valence-corrected chi connectivity index (χ2v) is 6.18. The zero-order valence-electron chi connectivity index (χ0n) is 11.7. The highest BCUT2D eigenvalue weighted by Crippen LogP contribution is 2.32. The summed E-state index contributed by atoms with van der Waals surface area (Å²) in [5, 5.41) is 16.1. The third kappa shape index (κ3) is 2.82. The molecule has 6 nitrogen and oxygen atoms in total. The summed E-state index contributed by atoms with van der Waals surface area (Å²) in [6.07, 6.45) is 3.19. The molecule has 0 bridgehead atoms. The number of aryl methyl sites for hydroxylation is 1. The maximum atomic E-state index is 12.3. The Hall–Kier alpha value is -1.50. The number of carboxylic acids is 1. The zero-order valence-corrected chi connectivity index (χ0v) is 12.5. The molecule has 1 aromatic heterocycles. The van der Waals surface area contributed by atoms with E-state index in [9.17, 15) is 14.7 Å². The molecule has 110 valence electrons. The van der Waals surface area contributed by atoms with E-state index < -0.39 is 11.5 Å². The zero-order chi connectivity index (χ0) is 14.8. The van der Waals surface area contributed by atoms with Crippen molar-refractivity contribution in [2.24, 2.45) is 5.92 Å². The lowest BCUT2D eigenvalue weighted by Gasteiger charge is -2.36. The molecular formula is C13H19N3O3S. The van der Waals surface area contributed by atoms with Crippen molar-refractivity contribution >= 4 is 23.4 Å². The minimum Gasteiger partial charge on any atom is -0.480 e. The smallest absolute Gasteiger partial charge is 0.329 e. The van der Waals surface area contributed by atoms with Crippen molar-refractivity contribution in [1.29, 1.82) is 0 Å². The van der Waals surface area contributed by atoms with E-state index in [1.807, 2.05) is 6.92 Å². The highest BCUT2D eigenvalue weighted by Gasteiger charge is 2.43. The molecule has 0 atom stereocenters. The second kappa shape index (κ2) is 5.87. The van der Waals surface area contributed by atoms with Gasteiger partial charge in [0, 0.05) is 0 Å². The van der Waals surface area contributed by atoms with Gasteiger partial charge in [0.2, 0.25) is 0 Å². The highest BCUT2D eigenvalue weighted by atomic mass is 32.1. The minimum absolute atomic E-state index is 0.367. The van der Waals surface area contributed by atoms with Crippen LogP contribution in [0.2, 0.25) is 0 Å². The van der Waals surface area contributed by atoms with Crippen molar-refractivity contribution in [3.05, 3.63) is 10.6 Å². The molecule has 1 heterocycles. The molecule has 0 unspecified atom stereocenters. The summed E-state index contributed by atoms with van der Waals surface area (Å²) in [6, 6.07) is 0. The monoisotopic (exact) mass is 297 g/mol. The molecule has 7 heteroatoms. The van der Waals surface area contributed by atoms with E-state index in [1.54, 1.807) is 0 Å². The van der Waals surface area contributed by atoms with Gasteiger partial charge in [-0.2, -0.15) is 0 Å². The van der Waals surface area contributed by atoms with Crippen molar-refractivity contribution in [3.63, 3.8) is 0 Å². The van der Waals surface area contributed by atoms with Crippen LogP contribution in [0.3, 0.4) is 0 Å². The summed E-state index contributed by atoms with van der Waals surface area (Å²) in [5.41, 5.74) is -0.518. The van der Waals surface area contributed by atoms with Gasteiger partial charge in [-0.1, -0.05) is 18.3 Å². The number of carbonyl (C=O) groups excluding carboxylic acids is 1. The average molecular weight is 297 g/mol. The SMILES string of the molecule is CCc1nnsc1C(=O)NC1(C(=O)O)CCC(C)CC1. The predicted octanol–water partition coefficient (Wildman–Crippen LogP) is 1.86. The first-order chi connectivity index (χ1) is 9.48. The number of amides is 1. The minimum atomic E-state index is -1.14. The molecule has 2 N–H and O–H groups in total. The van der Waals surface area contributed by atoms with Crippen molar-refractivity contribution in [1.82, 2.24) is 14.9 Å². The Morgan fingerprint density at radius 3 is 2.65 bits per heavy atom. The first kappa shape index (κ1) is 14.9. The fraction of sp³-hybridized carbons (Fsp3) is 0.692. The van der Waals surface area contributed by atoms with Crippen LogP contribution < -0.4 is 5.32 Å². The molecule has 2 rings (SSSR count). The first-order valence-electron chi connectivity index (χ1n) is 6.85. The number of aromatic nitrogens is 2. The Kier molecular flexibility index (Phi) is 4.37. The van der Waals surface area contributed by atoms with Crippen molar-refractivity contribution < 1.29 is 14.7 Å². The third-order valence-electron chi connectivity index (χ3n) is 3.99. The standard InChI is InChI=1S/C13H19N3O3S/c1-3-9-10(20-16-15-9)11(17)14-13(12(18)19)6-4-8(2)5-7-13/h8H,3-7H2,1-2H3,(H,14,17)(H,18,19). The van der Waals surface area contributed by atoms with Crippen LogP contribution in [0.5, 0.6) is 0 Å². The number of carboxylic acid groups (broad SMARTS) is 1. The van der Waals surface area contributed by atoms with Crippen LogP contribution in [0.4, 0.5) is 0 Å². The molecular weight excluding hydrogens is 278 g/mol. The normalized spacial score (nSPS) is 26.2. The van der Waals surface area contributed by atoms with Gasteiger partial charge in [0.05, 0.1) is 5.69 Å². The largest absolute Gasteiger partial charge is 0.480 e.